The monoisotopic (exact) mass is 248 g/mol. The van der Waals surface area contributed by atoms with Crippen molar-refractivity contribution in [1.29, 1.82) is 0 Å². The van der Waals surface area contributed by atoms with Gasteiger partial charge in [0.15, 0.2) is 0 Å². The maximum Gasteiger partial charge on any atom is 0.265 e. The van der Waals surface area contributed by atoms with Crippen molar-refractivity contribution >= 4 is 11.8 Å². The molecule has 0 bridgehead atoms. The van der Waals surface area contributed by atoms with Crippen LogP contribution < -0.4 is 10.3 Å². The molecule has 17 heavy (non-hydrogen) atoms. The zero-order chi connectivity index (χ0) is 12.1. The van der Waals surface area contributed by atoms with Gasteiger partial charge in [-0.25, -0.2) is 5.10 Å². The molecule has 0 aliphatic heterocycles. The molecule has 0 aliphatic rings. The molecule has 0 spiro atoms. The number of H-pyrrole nitrogens is 1. The number of rotatable bonds is 4. The number of nitrogens with one attached hydrogen (secondary N) is 1. The quantitative estimate of drug-likeness (QED) is 0.842. The Bertz CT molecular complexity index is 537. The summed E-state index contributed by atoms with van der Waals surface area (Å²) in [4.78, 5) is 11.9. The Kier molecular flexibility index (Phi) is 3.82. The topological polar surface area (TPSA) is 55.0 Å². The number of thioether (sulfide) groups is 1. The largest absolute Gasteiger partial charge is 0.497 e. The van der Waals surface area contributed by atoms with E-state index >= 15 is 0 Å². The number of methoxy groups -OCH3 is 1. The number of nitrogens with zero attached hydrogens (tertiary/aromatic N) is 1. The van der Waals surface area contributed by atoms with Crippen LogP contribution in [0.2, 0.25) is 0 Å². The molecule has 0 unspecified atom stereocenters. The van der Waals surface area contributed by atoms with Crippen molar-refractivity contribution in [2.24, 2.45) is 0 Å². The summed E-state index contributed by atoms with van der Waals surface area (Å²) in [7, 11) is 1.64. The van der Waals surface area contributed by atoms with Gasteiger partial charge >= 0.3 is 0 Å². The first kappa shape index (κ1) is 11.7. The fourth-order valence-corrected chi connectivity index (χ4v) is 2.17. The molecule has 0 aliphatic carbocycles. The highest BCUT2D eigenvalue weighted by atomic mass is 32.2. The molecular weight excluding hydrogens is 236 g/mol. The van der Waals surface area contributed by atoms with Gasteiger partial charge in [0.05, 0.1) is 13.3 Å². The lowest BCUT2D eigenvalue weighted by Gasteiger charge is -2.03. The second kappa shape index (κ2) is 5.54. The number of ether oxygens (including phenoxy) is 1. The van der Waals surface area contributed by atoms with E-state index < -0.39 is 0 Å². The molecule has 1 aromatic carbocycles. The van der Waals surface area contributed by atoms with E-state index in [9.17, 15) is 4.79 Å². The van der Waals surface area contributed by atoms with Crippen LogP contribution in [0.15, 0.2) is 46.2 Å². The summed E-state index contributed by atoms with van der Waals surface area (Å²) in [5.74, 6) is 1.64. The first-order valence-electron chi connectivity index (χ1n) is 5.08. The molecule has 0 amide bonds. The fourth-order valence-electron chi connectivity index (χ4n) is 1.33. The molecule has 1 N–H and O–H groups in total. The van der Waals surface area contributed by atoms with E-state index in [2.05, 4.69) is 10.2 Å². The molecule has 1 aromatic heterocycles. The van der Waals surface area contributed by atoms with Gasteiger partial charge in [-0.2, -0.15) is 5.10 Å². The van der Waals surface area contributed by atoms with Crippen LogP contribution in [0.3, 0.4) is 0 Å². The zero-order valence-corrected chi connectivity index (χ0v) is 10.2. The number of aromatic amines is 1. The Labute approximate surface area is 103 Å². The molecule has 0 saturated carbocycles. The minimum absolute atomic E-state index is 0.176. The van der Waals surface area contributed by atoms with Gasteiger partial charge in [-0.15, -0.1) is 11.8 Å². The SMILES string of the molecule is COc1ccc(CSc2cn[nH]c(=O)c2)cc1. The summed E-state index contributed by atoms with van der Waals surface area (Å²) in [6.45, 7) is 0. The van der Waals surface area contributed by atoms with E-state index in [0.717, 1.165) is 16.4 Å². The predicted molar refractivity (Wildman–Crippen MR) is 67.4 cm³/mol. The molecule has 0 radical (unpaired) electrons. The van der Waals surface area contributed by atoms with Crippen molar-refractivity contribution in [3.05, 3.63) is 52.4 Å². The van der Waals surface area contributed by atoms with Crippen LogP contribution in [0.4, 0.5) is 0 Å². The first-order chi connectivity index (χ1) is 8.28. The molecule has 4 nitrogen and oxygen atoms in total. The van der Waals surface area contributed by atoms with Crippen LogP contribution in [-0.4, -0.2) is 17.3 Å². The first-order valence-corrected chi connectivity index (χ1v) is 6.07. The summed E-state index contributed by atoms with van der Waals surface area (Å²) in [6, 6.07) is 9.40. The normalized spacial score (nSPS) is 10.2. The van der Waals surface area contributed by atoms with Gasteiger partial charge < -0.3 is 4.74 Å². The molecule has 0 saturated heterocycles. The van der Waals surface area contributed by atoms with E-state index in [1.165, 1.54) is 5.56 Å². The maximum absolute atomic E-state index is 11.0. The number of hydrogen-bond acceptors (Lipinski definition) is 4. The standard InChI is InChI=1S/C12H12N2O2S/c1-16-10-4-2-9(3-5-10)8-17-11-6-12(15)14-13-7-11/h2-7H,8H2,1H3,(H,14,15). The molecule has 88 valence electrons. The molecule has 0 atom stereocenters. The van der Waals surface area contributed by atoms with Crippen LogP contribution in [-0.2, 0) is 5.75 Å². The van der Waals surface area contributed by atoms with E-state index in [1.54, 1.807) is 31.1 Å². The van der Waals surface area contributed by atoms with Crippen LogP contribution >= 0.6 is 11.8 Å². The Morgan fingerprint density at radius 2 is 2.12 bits per heavy atom. The van der Waals surface area contributed by atoms with E-state index in [1.807, 2.05) is 24.3 Å². The van der Waals surface area contributed by atoms with E-state index in [4.69, 9.17) is 4.74 Å². The minimum Gasteiger partial charge on any atom is -0.497 e. The second-order valence-corrected chi connectivity index (χ2v) is 4.47. The van der Waals surface area contributed by atoms with Crippen LogP contribution in [0, 0.1) is 0 Å². The molecule has 1 heterocycles. The van der Waals surface area contributed by atoms with Gasteiger partial charge in [-0.05, 0) is 17.7 Å². The second-order valence-electron chi connectivity index (χ2n) is 3.42. The molecule has 2 aromatic rings. The van der Waals surface area contributed by atoms with Gasteiger partial charge in [-0.3, -0.25) is 4.79 Å². The Morgan fingerprint density at radius 3 is 2.76 bits per heavy atom. The highest BCUT2D eigenvalue weighted by Gasteiger charge is 1.98. The lowest BCUT2D eigenvalue weighted by Crippen LogP contribution is -2.05. The Morgan fingerprint density at radius 1 is 1.35 bits per heavy atom. The lowest BCUT2D eigenvalue weighted by atomic mass is 10.2. The van der Waals surface area contributed by atoms with Crippen molar-refractivity contribution in [3.8, 4) is 5.75 Å². The zero-order valence-electron chi connectivity index (χ0n) is 9.34. The van der Waals surface area contributed by atoms with Gasteiger partial charge in [0.2, 0.25) is 0 Å². The summed E-state index contributed by atoms with van der Waals surface area (Å²) in [5, 5.41) is 6.10. The molecule has 0 fully saturated rings. The maximum atomic E-state index is 11.0. The van der Waals surface area contributed by atoms with Crippen molar-refractivity contribution in [1.82, 2.24) is 10.2 Å². The summed E-state index contributed by atoms with van der Waals surface area (Å²) in [6.07, 6.45) is 1.65. The van der Waals surface area contributed by atoms with E-state index in [0.29, 0.717) is 0 Å². The molecular formula is C12H12N2O2S. The average molecular weight is 248 g/mol. The Balaban J connectivity index is 1.99. The summed E-state index contributed by atoms with van der Waals surface area (Å²) >= 11 is 1.58. The molecule has 5 heteroatoms. The van der Waals surface area contributed by atoms with Gasteiger partial charge in [0, 0.05) is 16.7 Å². The summed E-state index contributed by atoms with van der Waals surface area (Å²) < 4.78 is 5.09. The van der Waals surface area contributed by atoms with Crippen molar-refractivity contribution in [3.63, 3.8) is 0 Å². The number of benzene rings is 1. The highest BCUT2D eigenvalue weighted by molar-refractivity contribution is 7.98. The van der Waals surface area contributed by atoms with Crippen molar-refractivity contribution in [2.75, 3.05) is 7.11 Å². The number of aromatic nitrogens is 2. The average Bonchev–Trinajstić information content (AvgIpc) is 2.37. The smallest absolute Gasteiger partial charge is 0.265 e. The third kappa shape index (κ3) is 3.35. The van der Waals surface area contributed by atoms with Crippen LogP contribution in [0.5, 0.6) is 5.75 Å². The third-order valence-corrected chi connectivity index (χ3v) is 3.24. The van der Waals surface area contributed by atoms with Gasteiger partial charge in [0.25, 0.3) is 5.56 Å². The van der Waals surface area contributed by atoms with Gasteiger partial charge in [-0.1, -0.05) is 12.1 Å². The van der Waals surface area contributed by atoms with Crippen LogP contribution in [0.25, 0.3) is 0 Å². The number of hydrogen-bond donors (Lipinski definition) is 1. The van der Waals surface area contributed by atoms with Gasteiger partial charge in [0.1, 0.15) is 5.75 Å². The predicted octanol–water partition coefficient (Wildman–Crippen LogP) is 2.07. The Hall–Kier alpha value is -1.75. The molecule has 2 rings (SSSR count). The van der Waals surface area contributed by atoms with Crippen molar-refractivity contribution in [2.45, 2.75) is 10.6 Å². The van der Waals surface area contributed by atoms with E-state index in [-0.39, 0.29) is 5.56 Å². The summed E-state index contributed by atoms with van der Waals surface area (Å²) in [5.41, 5.74) is 1.00. The third-order valence-electron chi connectivity index (χ3n) is 2.20. The minimum atomic E-state index is -0.176. The lowest BCUT2D eigenvalue weighted by molar-refractivity contribution is 0.414. The van der Waals surface area contributed by atoms with Crippen molar-refractivity contribution < 1.29 is 4.74 Å². The van der Waals surface area contributed by atoms with Crippen LogP contribution in [0.1, 0.15) is 5.56 Å². The highest BCUT2D eigenvalue weighted by Crippen LogP contribution is 2.21. The fraction of sp³-hybridized carbons (Fsp3) is 0.167.